The summed E-state index contributed by atoms with van der Waals surface area (Å²) in [6, 6.07) is 5.19. The number of rotatable bonds is 7. The predicted molar refractivity (Wildman–Crippen MR) is 128 cm³/mol. The number of halogens is 3. The van der Waals surface area contributed by atoms with Crippen molar-refractivity contribution in [1.82, 2.24) is 20.1 Å². The van der Waals surface area contributed by atoms with Crippen molar-refractivity contribution in [2.75, 3.05) is 55.7 Å². The molecule has 0 aromatic carbocycles. The van der Waals surface area contributed by atoms with Gasteiger partial charge in [-0.15, -0.1) is 0 Å². The zero-order valence-corrected chi connectivity index (χ0v) is 19.9. The first-order valence-electron chi connectivity index (χ1n) is 11.8. The van der Waals surface area contributed by atoms with E-state index in [9.17, 15) is 22.8 Å². The van der Waals surface area contributed by atoms with Crippen molar-refractivity contribution in [2.45, 2.75) is 25.1 Å². The summed E-state index contributed by atoms with van der Waals surface area (Å²) in [5, 5.41) is 14.3. The number of alkyl halides is 3. The molecule has 1 N–H and O–H groups in total. The Balaban J connectivity index is 1.24. The lowest BCUT2D eigenvalue weighted by atomic mass is 10.2. The van der Waals surface area contributed by atoms with Crippen LogP contribution in [-0.2, 0) is 15.7 Å². The van der Waals surface area contributed by atoms with Gasteiger partial charge in [-0.2, -0.15) is 23.5 Å². The molecule has 13 heteroatoms. The van der Waals surface area contributed by atoms with Crippen LogP contribution in [-0.4, -0.2) is 78.0 Å². The molecule has 1 atom stereocenters. The van der Waals surface area contributed by atoms with E-state index in [4.69, 9.17) is 10.00 Å². The summed E-state index contributed by atoms with van der Waals surface area (Å²) in [6.07, 6.45) is 2.05. The molecule has 4 heterocycles. The van der Waals surface area contributed by atoms with Crippen LogP contribution in [0, 0.1) is 11.3 Å². The van der Waals surface area contributed by atoms with Crippen LogP contribution in [0.2, 0.25) is 0 Å². The minimum atomic E-state index is -4.80. The molecule has 4 rings (SSSR count). The van der Waals surface area contributed by atoms with Gasteiger partial charge in [-0.1, -0.05) is 6.08 Å². The lowest BCUT2D eigenvalue weighted by Gasteiger charge is -2.34. The summed E-state index contributed by atoms with van der Waals surface area (Å²) in [4.78, 5) is 33.9. The van der Waals surface area contributed by atoms with E-state index in [0.717, 1.165) is 12.0 Å². The second kappa shape index (κ2) is 11.4. The molecular formula is C24H26F3N7O3. The number of nitrogens with zero attached hydrogens (tertiary/aromatic N) is 6. The zero-order chi connectivity index (χ0) is 26.4. The molecular weight excluding hydrogens is 491 g/mol. The number of piperazine rings is 1. The van der Waals surface area contributed by atoms with Gasteiger partial charge in [0.05, 0.1) is 36.7 Å². The molecule has 0 aliphatic carbocycles. The normalized spacial score (nSPS) is 18.4. The number of nitrogens with one attached hydrogen (secondary N) is 1. The van der Waals surface area contributed by atoms with E-state index in [1.807, 2.05) is 16.1 Å². The Morgan fingerprint density at radius 1 is 1.22 bits per heavy atom. The van der Waals surface area contributed by atoms with E-state index in [0.29, 0.717) is 51.1 Å². The maximum absolute atomic E-state index is 13.4. The van der Waals surface area contributed by atoms with Crippen molar-refractivity contribution in [3.05, 3.63) is 58.2 Å². The summed E-state index contributed by atoms with van der Waals surface area (Å²) in [5.74, 6) is 0.608. The highest BCUT2D eigenvalue weighted by molar-refractivity contribution is 5.87. The van der Waals surface area contributed by atoms with Gasteiger partial charge in [-0.05, 0) is 25.0 Å². The minimum absolute atomic E-state index is 0.130. The van der Waals surface area contributed by atoms with Gasteiger partial charge in [-0.25, -0.2) is 10.1 Å². The highest BCUT2D eigenvalue weighted by atomic mass is 19.4. The summed E-state index contributed by atoms with van der Waals surface area (Å²) in [7, 11) is 0. The molecule has 2 aliphatic heterocycles. The number of anilines is 2. The summed E-state index contributed by atoms with van der Waals surface area (Å²) >= 11 is 0. The van der Waals surface area contributed by atoms with Gasteiger partial charge in [0, 0.05) is 45.0 Å². The van der Waals surface area contributed by atoms with Gasteiger partial charge in [0.15, 0.2) is 0 Å². The molecule has 2 aromatic heterocycles. The number of carbonyl (C=O) groups is 1. The third kappa shape index (κ3) is 6.26. The van der Waals surface area contributed by atoms with Crippen molar-refractivity contribution in [1.29, 1.82) is 5.26 Å². The quantitative estimate of drug-likeness (QED) is 0.437. The minimum Gasteiger partial charge on any atom is -0.375 e. The van der Waals surface area contributed by atoms with Crippen molar-refractivity contribution in [3.63, 3.8) is 0 Å². The Morgan fingerprint density at radius 2 is 2.00 bits per heavy atom. The molecule has 2 aromatic rings. The molecule has 0 saturated carbocycles. The van der Waals surface area contributed by atoms with Gasteiger partial charge >= 0.3 is 6.18 Å². The van der Waals surface area contributed by atoms with E-state index >= 15 is 0 Å². The second-order valence-electron chi connectivity index (χ2n) is 8.72. The van der Waals surface area contributed by atoms with Crippen LogP contribution in [0.15, 0.2) is 41.5 Å². The highest BCUT2D eigenvalue weighted by Gasteiger charge is 2.40. The van der Waals surface area contributed by atoms with Crippen molar-refractivity contribution < 1.29 is 22.7 Å². The van der Waals surface area contributed by atoms with Crippen molar-refractivity contribution in [3.8, 4) is 6.07 Å². The Kier molecular flexibility index (Phi) is 8.08. The Bertz CT molecular complexity index is 1220. The molecule has 0 spiro atoms. The van der Waals surface area contributed by atoms with Crippen molar-refractivity contribution in [2.24, 2.45) is 0 Å². The third-order valence-corrected chi connectivity index (χ3v) is 6.38. The Morgan fingerprint density at radius 3 is 2.68 bits per heavy atom. The van der Waals surface area contributed by atoms with Crippen LogP contribution in [0.5, 0.6) is 0 Å². The monoisotopic (exact) mass is 517 g/mol. The number of amides is 1. The van der Waals surface area contributed by atoms with E-state index in [-0.39, 0.29) is 30.9 Å². The van der Waals surface area contributed by atoms with Crippen LogP contribution < -0.4 is 15.4 Å². The van der Waals surface area contributed by atoms with E-state index in [2.05, 4.69) is 10.1 Å². The van der Waals surface area contributed by atoms with E-state index < -0.39 is 17.3 Å². The van der Waals surface area contributed by atoms with Crippen LogP contribution in [0.1, 0.15) is 24.0 Å². The highest BCUT2D eigenvalue weighted by Crippen LogP contribution is 2.36. The first-order valence-corrected chi connectivity index (χ1v) is 11.8. The average molecular weight is 518 g/mol. The maximum Gasteiger partial charge on any atom is 0.423 e. The number of carbonyl (C=O) groups excluding carboxylic acids is 1. The van der Waals surface area contributed by atoms with Gasteiger partial charge in [0.2, 0.25) is 5.91 Å². The molecule has 0 unspecified atom stereocenters. The number of pyridine rings is 1. The van der Waals surface area contributed by atoms with Gasteiger partial charge < -0.3 is 19.4 Å². The lowest BCUT2D eigenvalue weighted by Crippen LogP contribution is -2.48. The molecule has 2 saturated heterocycles. The predicted octanol–water partition coefficient (Wildman–Crippen LogP) is 1.95. The van der Waals surface area contributed by atoms with E-state index in [1.165, 1.54) is 17.2 Å². The Labute approximate surface area is 210 Å². The molecule has 0 radical (unpaired) electrons. The van der Waals surface area contributed by atoms with Crippen LogP contribution in [0.4, 0.5) is 24.7 Å². The summed E-state index contributed by atoms with van der Waals surface area (Å²) in [5.41, 5.74) is -2.28. The largest absolute Gasteiger partial charge is 0.423 e. The molecule has 0 bridgehead atoms. The molecule has 2 aliphatic rings. The number of hydrogen-bond acceptors (Lipinski definition) is 8. The maximum atomic E-state index is 13.4. The first-order chi connectivity index (χ1) is 17.8. The smallest absolute Gasteiger partial charge is 0.375 e. The number of aromatic amines is 1. The van der Waals surface area contributed by atoms with Crippen molar-refractivity contribution >= 4 is 17.4 Å². The average Bonchev–Trinajstić information content (AvgIpc) is 3.36. The summed E-state index contributed by atoms with van der Waals surface area (Å²) in [6.45, 7) is 2.92. The molecule has 10 nitrogen and oxygen atoms in total. The molecule has 196 valence electrons. The van der Waals surface area contributed by atoms with Crippen LogP contribution in [0.3, 0.4) is 0 Å². The van der Waals surface area contributed by atoms with Gasteiger partial charge in [-0.3, -0.25) is 9.59 Å². The second-order valence-corrected chi connectivity index (χ2v) is 8.72. The fourth-order valence-corrected chi connectivity index (χ4v) is 4.53. The number of hydrogen-bond donors (Lipinski definition) is 1. The fourth-order valence-electron chi connectivity index (χ4n) is 4.53. The first kappa shape index (κ1) is 26.2. The number of aromatic nitrogens is 3. The number of nitriles is 1. The van der Waals surface area contributed by atoms with Gasteiger partial charge in [0.1, 0.15) is 17.5 Å². The van der Waals surface area contributed by atoms with Crippen LogP contribution in [0.25, 0.3) is 0 Å². The SMILES string of the molecule is N#Cc1ccc(N2CCN(C(=O)/C=C/COC[C@@H]3CCCN3c3cn[nH]c(=O)c3C(F)(F)F)CC2)nc1. The lowest BCUT2D eigenvalue weighted by molar-refractivity contribution is -0.138. The standard InChI is InChI=1S/C24H26F3N7O3/c25-24(26,27)22-19(15-30-31-23(22)36)34-7-1-3-18(34)16-37-12-2-4-21(35)33-10-8-32(9-11-33)20-6-5-17(13-28)14-29-20/h2,4-6,14-15,18H,1,3,7-12,16H2,(H,31,36)/b4-2+/t18-/m0/s1. The van der Waals surface area contributed by atoms with Gasteiger partial charge in [0.25, 0.3) is 5.56 Å². The molecule has 1 amide bonds. The topological polar surface area (TPSA) is 118 Å². The van der Waals surface area contributed by atoms with E-state index in [1.54, 1.807) is 23.1 Å². The Hall–Kier alpha value is -3.92. The molecule has 37 heavy (non-hydrogen) atoms. The summed E-state index contributed by atoms with van der Waals surface area (Å²) < 4.78 is 46.0. The number of H-pyrrole nitrogens is 1. The van der Waals surface area contributed by atoms with Crippen LogP contribution >= 0.6 is 0 Å². The third-order valence-electron chi connectivity index (χ3n) is 6.38. The fraction of sp³-hybridized carbons (Fsp3) is 0.458. The molecule has 2 fully saturated rings. The number of ether oxygens (including phenoxy) is 1. The zero-order valence-electron chi connectivity index (χ0n) is 19.9.